The first-order chi connectivity index (χ1) is 11.3. The summed E-state index contributed by atoms with van der Waals surface area (Å²) >= 11 is 1.46. The molecule has 0 spiro atoms. The van der Waals surface area contributed by atoms with Crippen molar-refractivity contribution < 1.29 is 4.79 Å². The highest BCUT2D eigenvalue weighted by Crippen LogP contribution is 2.12. The molecule has 0 radical (unpaired) electrons. The lowest BCUT2D eigenvalue weighted by atomic mass is 10.3. The van der Waals surface area contributed by atoms with E-state index in [0.29, 0.717) is 12.4 Å². The van der Waals surface area contributed by atoms with Gasteiger partial charge in [0, 0.05) is 5.38 Å². The molecular weight excluding hydrogens is 318 g/mol. The fourth-order valence-electron chi connectivity index (χ4n) is 1.95. The van der Waals surface area contributed by atoms with Gasteiger partial charge in [-0.3, -0.25) is 4.79 Å². The molecule has 1 N–H and O–H groups in total. The van der Waals surface area contributed by atoms with E-state index in [1.807, 2.05) is 5.38 Å². The number of nitrogens with zero attached hydrogens (tertiary/aromatic N) is 8. The van der Waals surface area contributed by atoms with Gasteiger partial charge in [-0.25, -0.2) is 19.2 Å². The molecule has 114 valence electrons. The van der Waals surface area contributed by atoms with Crippen molar-refractivity contribution in [1.29, 1.82) is 0 Å². The van der Waals surface area contributed by atoms with Crippen LogP contribution in [-0.4, -0.2) is 45.5 Å². The van der Waals surface area contributed by atoms with Gasteiger partial charge in [-0.05, 0) is 12.1 Å². The summed E-state index contributed by atoms with van der Waals surface area (Å²) in [6.07, 6.45) is 4.38. The number of hydrogen-bond donors (Lipinski definition) is 1. The molecule has 0 aliphatic rings. The fourth-order valence-corrected chi connectivity index (χ4v) is 2.75. The normalized spacial score (nSPS) is 11.0. The van der Waals surface area contributed by atoms with Crippen LogP contribution in [-0.2, 0) is 6.54 Å². The van der Waals surface area contributed by atoms with Crippen LogP contribution in [0.25, 0.3) is 10.8 Å². The number of aromatic nitrogens is 8. The summed E-state index contributed by atoms with van der Waals surface area (Å²) in [7, 11) is 0. The molecule has 4 rings (SSSR count). The third-order valence-electron chi connectivity index (χ3n) is 3.06. The molecule has 1 amide bonds. The first kappa shape index (κ1) is 13.5. The van der Waals surface area contributed by atoms with Crippen molar-refractivity contribution in [1.82, 2.24) is 44.9 Å². The lowest BCUT2D eigenvalue weighted by Gasteiger charge is -2.04. The van der Waals surface area contributed by atoms with Crippen molar-refractivity contribution >= 4 is 22.2 Å². The summed E-state index contributed by atoms with van der Waals surface area (Å²) in [6.45, 7) is 0.328. The van der Waals surface area contributed by atoms with Gasteiger partial charge in [-0.15, -0.1) is 21.5 Å². The smallest absolute Gasteiger partial charge is 0.272 e. The molecule has 0 bridgehead atoms. The summed E-state index contributed by atoms with van der Waals surface area (Å²) in [5, 5.41) is 20.6. The van der Waals surface area contributed by atoms with Crippen molar-refractivity contribution in [2.24, 2.45) is 0 Å². The molecule has 0 atom stereocenters. The molecule has 4 aromatic heterocycles. The van der Waals surface area contributed by atoms with Crippen LogP contribution >= 0.6 is 11.3 Å². The van der Waals surface area contributed by atoms with E-state index in [1.165, 1.54) is 35.0 Å². The lowest BCUT2D eigenvalue weighted by molar-refractivity contribution is 0.0944. The van der Waals surface area contributed by atoms with Gasteiger partial charge >= 0.3 is 0 Å². The monoisotopic (exact) mass is 327 g/mol. The van der Waals surface area contributed by atoms with Gasteiger partial charge in [-0.2, -0.15) is 10.2 Å². The van der Waals surface area contributed by atoms with Crippen molar-refractivity contribution in [3.63, 3.8) is 0 Å². The molecule has 4 aromatic rings. The zero-order valence-electron chi connectivity index (χ0n) is 11.6. The molecule has 0 aliphatic heterocycles. The van der Waals surface area contributed by atoms with Crippen LogP contribution in [0.4, 0.5) is 0 Å². The van der Waals surface area contributed by atoms with Crippen LogP contribution < -0.4 is 5.32 Å². The minimum absolute atomic E-state index is 0.221. The molecule has 23 heavy (non-hydrogen) atoms. The second-order valence-electron chi connectivity index (χ2n) is 4.48. The zero-order valence-corrected chi connectivity index (χ0v) is 12.4. The molecule has 0 saturated carbocycles. The summed E-state index contributed by atoms with van der Waals surface area (Å²) in [6, 6.07) is 3.23. The van der Waals surface area contributed by atoms with Gasteiger partial charge < -0.3 is 5.32 Å². The number of carbonyl (C=O) groups is 1. The highest BCUT2D eigenvalue weighted by molar-refractivity contribution is 7.15. The zero-order chi connectivity index (χ0) is 15.6. The van der Waals surface area contributed by atoms with Crippen molar-refractivity contribution in [2.45, 2.75) is 6.54 Å². The molecule has 0 fully saturated rings. The SMILES string of the molecule is O=C(NCc1csc2ncnn12)c1ccc(-n2cncn2)nn1. The molecule has 0 aromatic carbocycles. The number of nitrogens with one attached hydrogen (secondary N) is 1. The Hall–Kier alpha value is -3.21. The summed E-state index contributed by atoms with van der Waals surface area (Å²) in [5.74, 6) is 0.170. The maximum Gasteiger partial charge on any atom is 0.272 e. The minimum atomic E-state index is -0.317. The van der Waals surface area contributed by atoms with Crippen LogP contribution in [0.15, 0.2) is 36.5 Å². The van der Waals surface area contributed by atoms with Gasteiger partial charge in [0.25, 0.3) is 5.91 Å². The number of carbonyl (C=O) groups excluding carboxylic acids is 1. The average molecular weight is 327 g/mol. The first-order valence-corrected chi connectivity index (χ1v) is 7.42. The molecule has 4 heterocycles. The van der Waals surface area contributed by atoms with E-state index in [4.69, 9.17) is 0 Å². The van der Waals surface area contributed by atoms with Crippen LogP contribution in [0.3, 0.4) is 0 Å². The van der Waals surface area contributed by atoms with Crippen LogP contribution in [0.5, 0.6) is 0 Å². The number of fused-ring (bicyclic) bond motifs is 1. The predicted molar refractivity (Wildman–Crippen MR) is 79.0 cm³/mol. The molecule has 0 aliphatic carbocycles. The Labute approximate surface area is 132 Å². The van der Waals surface area contributed by atoms with E-state index in [1.54, 1.807) is 16.6 Å². The largest absolute Gasteiger partial charge is 0.345 e. The Morgan fingerprint density at radius 3 is 2.96 bits per heavy atom. The molecule has 11 heteroatoms. The molecule has 0 unspecified atom stereocenters. The Morgan fingerprint density at radius 2 is 2.17 bits per heavy atom. The van der Waals surface area contributed by atoms with Crippen LogP contribution in [0.1, 0.15) is 16.2 Å². The van der Waals surface area contributed by atoms with Crippen molar-refractivity contribution in [3.8, 4) is 5.82 Å². The first-order valence-electron chi connectivity index (χ1n) is 6.54. The topological polar surface area (TPSA) is 116 Å². The number of amides is 1. The Morgan fingerprint density at radius 1 is 1.22 bits per heavy atom. The number of thiazole rings is 1. The molecule has 10 nitrogen and oxygen atoms in total. The molecular formula is C12H9N9OS. The Bertz CT molecular complexity index is 941. The van der Waals surface area contributed by atoms with Gasteiger partial charge in [0.2, 0.25) is 4.96 Å². The van der Waals surface area contributed by atoms with Gasteiger partial charge in [0.05, 0.1) is 12.2 Å². The number of hydrogen-bond acceptors (Lipinski definition) is 8. The Kier molecular flexibility index (Phi) is 3.24. The average Bonchev–Trinajstić information content (AvgIpc) is 3.31. The van der Waals surface area contributed by atoms with Gasteiger partial charge in [-0.1, -0.05) is 0 Å². The van der Waals surface area contributed by atoms with E-state index >= 15 is 0 Å². The third-order valence-corrected chi connectivity index (χ3v) is 3.93. The van der Waals surface area contributed by atoms with Crippen LogP contribution in [0.2, 0.25) is 0 Å². The lowest BCUT2D eigenvalue weighted by Crippen LogP contribution is -2.25. The fraction of sp³-hybridized carbons (Fsp3) is 0.0833. The van der Waals surface area contributed by atoms with E-state index in [-0.39, 0.29) is 11.6 Å². The van der Waals surface area contributed by atoms with E-state index in [9.17, 15) is 4.79 Å². The standard InChI is InChI=1S/C12H9N9OS/c22-11(14-3-8-4-23-12-15-6-17-21(8)12)9-1-2-10(19-18-9)20-7-13-5-16-20/h1-2,4-7H,3H2,(H,14,22). The quantitative estimate of drug-likeness (QED) is 0.564. The summed E-state index contributed by atoms with van der Waals surface area (Å²) in [4.78, 5) is 20.8. The van der Waals surface area contributed by atoms with Crippen molar-refractivity contribution in [3.05, 3.63) is 47.9 Å². The highest BCUT2D eigenvalue weighted by Gasteiger charge is 2.11. The van der Waals surface area contributed by atoms with Crippen molar-refractivity contribution in [2.75, 3.05) is 0 Å². The van der Waals surface area contributed by atoms with Crippen LogP contribution in [0, 0.1) is 0 Å². The second-order valence-corrected chi connectivity index (χ2v) is 5.32. The predicted octanol–water partition coefficient (Wildman–Crippen LogP) is 0.0915. The molecule has 0 saturated heterocycles. The van der Waals surface area contributed by atoms with E-state index in [0.717, 1.165) is 10.7 Å². The summed E-state index contributed by atoms with van der Waals surface area (Å²) < 4.78 is 3.14. The number of rotatable bonds is 4. The second kappa shape index (κ2) is 5.53. The third kappa shape index (κ3) is 2.53. The Balaban J connectivity index is 1.46. The van der Waals surface area contributed by atoms with E-state index < -0.39 is 0 Å². The summed E-state index contributed by atoms with van der Waals surface area (Å²) in [5.41, 5.74) is 1.07. The van der Waals surface area contributed by atoms with Gasteiger partial charge in [0.15, 0.2) is 11.5 Å². The highest BCUT2D eigenvalue weighted by atomic mass is 32.1. The van der Waals surface area contributed by atoms with E-state index in [2.05, 4.69) is 35.7 Å². The maximum absolute atomic E-state index is 12.1. The minimum Gasteiger partial charge on any atom is -0.345 e. The maximum atomic E-state index is 12.1. The van der Waals surface area contributed by atoms with Gasteiger partial charge in [0.1, 0.15) is 19.0 Å².